The van der Waals surface area contributed by atoms with Gasteiger partial charge in [0, 0.05) is 6.92 Å². The molecule has 102 valence electrons. The quantitative estimate of drug-likeness (QED) is 0.692. The van der Waals surface area contributed by atoms with Crippen molar-refractivity contribution in [2.45, 2.75) is 6.92 Å². The highest BCUT2D eigenvalue weighted by Crippen LogP contribution is 2.31. The molecule has 0 fully saturated rings. The molecule has 0 atom stereocenters. The van der Waals surface area contributed by atoms with Gasteiger partial charge in [-0.05, 0) is 23.0 Å². The Balaban J connectivity index is 2.30. The summed E-state index contributed by atoms with van der Waals surface area (Å²) in [5.74, 6) is -0.313. The number of nitrogens with one attached hydrogen (secondary N) is 1. The Bertz CT molecular complexity index is 665. The van der Waals surface area contributed by atoms with E-state index in [0.717, 1.165) is 16.9 Å². The SMILES string of the molecule is CC(=O)Nc1nc(C=Cc2ccccc2)c([N+](=O)[O-])s1. The molecule has 1 heterocycles. The lowest BCUT2D eigenvalue weighted by molar-refractivity contribution is -0.380. The van der Waals surface area contributed by atoms with Crippen LogP contribution in [-0.4, -0.2) is 15.8 Å². The van der Waals surface area contributed by atoms with Gasteiger partial charge in [0.2, 0.25) is 5.91 Å². The van der Waals surface area contributed by atoms with Crippen LogP contribution in [0.25, 0.3) is 12.2 Å². The number of nitro groups is 1. The van der Waals surface area contributed by atoms with E-state index in [1.807, 2.05) is 30.3 Å². The van der Waals surface area contributed by atoms with Crippen molar-refractivity contribution < 1.29 is 9.72 Å². The van der Waals surface area contributed by atoms with Crippen LogP contribution in [0.15, 0.2) is 30.3 Å². The molecule has 6 nitrogen and oxygen atoms in total. The molecule has 20 heavy (non-hydrogen) atoms. The van der Waals surface area contributed by atoms with E-state index in [1.165, 1.54) is 6.92 Å². The van der Waals surface area contributed by atoms with Gasteiger partial charge in [-0.25, -0.2) is 4.98 Å². The van der Waals surface area contributed by atoms with E-state index >= 15 is 0 Å². The summed E-state index contributed by atoms with van der Waals surface area (Å²) >= 11 is 0.838. The fraction of sp³-hybridized carbons (Fsp3) is 0.0769. The lowest BCUT2D eigenvalue weighted by atomic mass is 10.2. The number of rotatable bonds is 4. The number of thiazole rings is 1. The van der Waals surface area contributed by atoms with Crippen molar-refractivity contribution >= 4 is 39.5 Å². The second-order valence-electron chi connectivity index (χ2n) is 3.89. The Morgan fingerprint density at radius 3 is 2.65 bits per heavy atom. The molecule has 0 aliphatic rings. The van der Waals surface area contributed by atoms with Gasteiger partial charge in [-0.3, -0.25) is 14.9 Å². The van der Waals surface area contributed by atoms with E-state index < -0.39 is 4.92 Å². The summed E-state index contributed by atoms with van der Waals surface area (Å²) in [4.78, 5) is 25.5. The van der Waals surface area contributed by atoms with Crippen LogP contribution < -0.4 is 5.32 Å². The van der Waals surface area contributed by atoms with Crippen molar-refractivity contribution in [3.63, 3.8) is 0 Å². The standard InChI is InChI=1S/C13H11N3O3S/c1-9(17)14-13-15-11(12(20-13)16(18)19)8-7-10-5-3-2-4-6-10/h2-8H,1H3,(H,14,15,17). The second-order valence-corrected chi connectivity index (χ2v) is 4.87. The zero-order chi connectivity index (χ0) is 14.5. The van der Waals surface area contributed by atoms with Crippen LogP contribution in [0.4, 0.5) is 10.1 Å². The zero-order valence-corrected chi connectivity index (χ0v) is 11.4. The summed E-state index contributed by atoms with van der Waals surface area (Å²) in [5.41, 5.74) is 1.14. The average molecular weight is 289 g/mol. The lowest BCUT2D eigenvalue weighted by Gasteiger charge is -1.91. The van der Waals surface area contributed by atoms with Crippen molar-refractivity contribution in [1.29, 1.82) is 0 Å². The maximum Gasteiger partial charge on any atom is 0.353 e. The summed E-state index contributed by atoms with van der Waals surface area (Å²) in [7, 11) is 0. The first-order valence-corrected chi connectivity index (χ1v) is 6.54. The Morgan fingerprint density at radius 2 is 2.05 bits per heavy atom. The first-order valence-electron chi connectivity index (χ1n) is 5.72. The lowest BCUT2D eigenvalue weighted by Crippen LogP contribution is -2.04. The van der Waals surface area contributed by atoms with Gasteiger partial charge in [-0.2, -0.15) is 0 Å². The predicted molar refractivity (Wildman–Crippen MR) is 78.4 cm³/mol. The van der Waals surface area contributed by atoms with Gasteiger partial charge in [-0.15, -0.1) is 0 Å². The van der Waals surface area contributed by atoms with Crippen LogP contribution in [0.5, 0.6) is 0 Å². The predicted octanol–water partition coefficient (Wildman–Crippen LogP) is 3.18. The van der Waals surface area contributed by atoms with Crippen LogP contribution in [0.1, 0.15) is 18.2 Å². The molecule has 7 heteroatoms. The minimum atomic E-state index is -0.506. The van der Waals surface area contributed by atoms with Gasteiger partial charge in [0.15, 0.2) is 10.8 Å². The molecular weight excluding hydrogens is 278 g/mol. The molecule has 0 bridgehead atoms. The first kappa shape index (κ1) is 13.9. The monoisotopic (exact) mass is 289 g/mol. The second kappa shape index (κ2) is 6.07. The molecule has 0 aliphatic carbocycles. The molecule has 0 saturated carbocycles. The highest BCUT2D eigenvalue weighted by Gasteiger charge is 2.19. The van der Waals surface area contributed by atoms with Crippen molar-refractivity contribution in [1.82, 2.24) is 4.98 Å². The molecule has 0 spiro atoms. The summed E-state index contributed by atoms with van der Waals surface area (Å²) < 4.78 is 0. The molecule has 2 rings (SSSR count). The number of nitrogens with zero attached hydrogens (tertiary/aromatic N) is 2. The molecule has 0 aliphatic heterocycles. The third kappa shape index (κ3) is 3.48. The van der Waals surface area contributed by atoms with Crippen LogP contribution >= 0.6 is 11.3 Å². The Kier molecular flexibility index (Phi) is 4.21. The van der Waals surface area contributed by atoms with Crippen LogP contribution in [0.2, 0.25) is 0 Å². The normalized spacial score (nSPS) is 10.7. The fourth-order valence-electron chi connectivity index (χ4n) is 1.51. The number of anilines is 1. The van der Waals surface area contributed by atoms with Crippen molar-refractivity contribution in [3.8, 4) is 0 Å². The number of hydrogen-bond acceptors (Lipinski definition) is 5. The molecule has 1 aromatic carbocycles. The van der Waals surface area contributed by atoms with Gasteiger partial charge in [0.1, 0.15) is 0 Å². The topological polar surface area (TPSA) is 85.1 Å². The smallest absolute Gasteiger partial charge is 0.302 e. The summed E-state index contributed by atoms with van der Waals surface area (Å²) in [6.07, 6.45) is 3.30. The van der Waals surface area contributed by atoms with E-state index in [9.17, 15) is 14.9 Å². The molecular formula is C13H11N3O3S. The average Bonchev–Trinajstić information content (AvgIpc) is 2.80. The highest BCUT2D eigenvalue weighted by atomic mass is 32.1. The maximum absolute atomic E-state index is 11.0. The van der Waals surface area contributed by atoms with Crippen molar-refractivity contribution in [2.24, 2.45) is 0 Å². The van der Waals surface area contributed by atoms with Crippen LogP contribution in [0, 0.1) is 10.1 Å². The molecule has 0 radical (unpaired) electrons. The van der Waals surface area contributed by atoms with Crippen molar-refractivity contribution in [2.75, 3.05) is 5.32 Å². The number of hydrogen-bond donors (Lipinski definition) is 1. The Hall–Kier alpha value is -2.54. The summed E-state index contributed by atoms with van der Waals surface area (Å²) in [6, 6.07) is 9.39. The summed E-state index contributed by atoms with van der Waals surface area (Å²) in [5, 5.41) is 13.5. The zero-order valence-electron chi connectivity index (χ0n) is 10.6. The minimum Gasteiger partial charge on any atom is -0.302 e. The molecule has 2 aromatic rings. The largest absolute Gasteiger partial charge is 0.353 e. The maximum atomic E-state index is 11.0. The van der Waals surface area contributed by atoms with Crippen LogP contribution in [0.3, 0.4) is 0 Å². The third-order valence-electron chi connectivity index (χ3n) is 2.32. The van der Waals surface area contributed by atoms with Gasteiger partial charge in [0.25, 0.3) is 0 Å². The molecule has 0 saturated heterocycles. The number of amides is 1. The number of aromatic nitrogens is 1. The van der Waals surface area contributed by atoms with Crippen molar-refractivity contribution in [3.05, 3.63) is 51.7 Å². The Labute approximate surface area is 118 Å². The summed E-state index contributed by atoms with van der Waals surface area (Å²) in [6.45, 7) is 1.33. The van der Waals surface area contributed by atoms with Gasteiger partial charge >= 0.3 is 5.00 Å². The number of carbonyl (C=O) groups excluding carboxylic acids is 1. The minimum absolute atomic E-state index is 0.0964. The molecule has 0 unspecified atom stereocenters. The van der Waals surface area contributed by atoms with Gasteiger partial charge < -0.3 is 5.32 Å². The van der Waals surface area contributed by atoms with E-state index in [4.69, 9.17) is 0 Å². The number of benzene rings is 1. The molecule has 1 amide bonds. The van der Waals surface area contributed by atoms with E-state index in [1.54, 1.807) is 12.2 Å². The van der Waals surface area contributed by atoms with Gasteiger partial charge in [-0.1, -0.05) is 36.4 Å². The van der Waals surface area contributed by atoms with Crippen LogP contribution in [-0.2, 0) is 4.79 Å². The third-order valence-corrected chi connectivity index (χ3v) is 3.25. The highest BCUT2D eigenvalue weighted by molar-refractivity contribution is 7.19. The Morgan fingerprint density at radius 1 is 1.35 bits per heavy atom. The van der Waals surface area contributed by atoms with E-state index in [2.05, 4.69) is 10.3 Å². The first-order chi connectivity index (χ1) is 9.56. The molecule has 1 aromatic heterocycles. The van der Waals surface area contributed by atoms with E-state index in [0.29, 0.717) is 0 Å². The van der Waals surface area contributed by atoms with E-state index in [-0.39, 0.29) is 21.7 Å². The fourth-order valence-corrected chi connectivity index (χ4v) is 2.32. The number of carbonyl (C=O) groups is 1. The van der Waals surface area contributed by atoms with Gasteiger partial charge in [0.05, 0.1) is 4.92 Å². The molecule has 1 N–H and O–H groups in total.